The van der Waals surface area contributed by atoms with Crippen molar-refractivity contribution in [3.8, 4) is 0 Å². The van der Waals surface area contributed by atoms with Crippen molar-refractivity contribution >= 4 is 15.7 Å². The van der Waals surface area contributed by atoms with Gasteiger partial charge < -0.3 is 5.32 Å². The van der Waals surface area contributed by atoms with E-state index in [1.165, 1.54) is 12.6 Å². The third-order valence-electron chi connectivity index (χ3n) is 3.93. The number of sulfonamides is 1. The standard InChI is InChI=1S/C14H23N3O2S/c1-3-17(12-7-5-4-6-8-12)20(18,19)14-11-16-10-9-13(14)15-2/h9-12H,3-8H2,1-2H3,(H,15,16). The van der Waals surface area contributed by atoms with Gasteiger partial charge >= 0.3 is 0 Å². The van der Waals surface area contributed by atoms with Crippen LogP contribution in [0, 0.1) is 0 Å². The molecule has 0 aromatic carbocycles. The van der Waals surface area contributed by atoms with Gasteiger partial charge in [0.15, 0.2) is 0 Å². The molecule has 0 saturated heterocycles. The van der Waals surface area contributed by atoms with E-state index in [1.807, 2.05) is 6.92 Å². The molecule has 1 saturated carbocycles. The first-order chi connectivity index (χ1) is 9.61. The minimum Gasteiger partial charge on any atom is -0.387 e. The highest BCUT2D eigenvalue weighted by molar-refractivity contribution is 7.89. The van der Waals surface area contributed by atoms with Crippen LogP contribution in [0.2, 0.25) is 0 Å². The Hall–Kier alpha value is -1.14. The molecule has 1 aliphatic rings. The van der Waals surface area contributed by atoms with Crippen molar-refractivity contribution in [2.75, 3.05) is 18.9 Å². The Morgan fingerprint density at radius 1 is 1.35 bits per heavy atom. The zero-order valence-corrected chi connectivity index (χ0v) is 13.0. The van der Waals surface area contributed by atoms with Crippen LogP contribution < -0.4 is 5.32 Å². The average molecular weight is 297 g/mol. The molecule has 0 amide bonds. The Bertz CT molecular complexity index is 539. The van der Waals surface area contributed by atoms with Gasteiger partial charge in [0, 0.05) is 32.0 Å². The van der Waals surface area contributed by atoms with Gasteiger partial charge in [0.2, 0.25) is 10.0 Å². The second-order valence-electron chi connectivity index (χ2n) is 5.12. The van der Waals surface area contributed by atoms with Crippen LogP contribution in [0.1, 0.15) is 39.0 Å². The number of hydrogen-bond donors (Lipinski definition) is 1. The third kappa shape index (κ3) is 2.96. The smallest absolute Gasteiger partial charge is 0.246 e. The maximum atomic E-state index is 12.9. The van der Waals surface area contributed by atoms with E-state index >= 15 is 0 Å². The Balaban J connectivity index is 2.35. The molecule has 112 valence electrons. The predicted molar refractivity (Wildman–Crippen MR) is 80.2 cm³/mol. The summed E-state index contributed by atoms with van der Waals surface area (Å²) in [4.78, 5) is 4.25. The lowest BCUT2D eigenvalue weighted by atomic mass is 9.95. The molecule has 1 aromatic heterocycles. The van der Waals surface area contributed by atoms with E-state index in [-0.39, 0.29) is 10.9 Å². The Labute approximate surface area is 121 Å². The number of anilines is 1. The fraction of sp³-hybridized carbons (Fsp3) is 0.643. The van der Waals surface area contributed by atoms with Gasteiger partial charge in [-0.1, -0.05) is 26.2 Å². The predicted octanol–water partition coefficient (Wildman–Crippen LogP) is 2.47. The van der Waals surface area contributed by atoms with Crippen LogP contribution in [0.15, 0.2) is 23.4 Å². The van der Waals surface area contributed by atoms with E-state index in [0.717, 1.165) is 25.7 Å². The van der Waals surface area contributed by atoms with E-state index in [1.54, 1.807) is 23.6 Å². The van der Waals surface area contributed by atoms with Crippen molar-refractivity contribution in [3.63, 3.8) is 0 Å². The van der Waals surface area contributed by atoms with Gasteiger partial charge in [0.1, 0.15) is 4.90 Å². The first kappa shape index (κ1) is 15.3. The molecule has 0 spiro atoms. The van der Waals surface area contributed by atoms with Gasteiger partial charge in [0.25, 0.3) is 0 Å². The SMILES string of the molecule is CCN(C1CCCCC1)S(=O)(=O)c1cnccc1NC. The number of nitrogens with zero attached hydrogens (tertiary/aromatic N) is 2. The van der Waals surface area contributed by atoms with Crippen LogP contribution in [0.25, 0.3) is 0 Å². The molecule has 0 unspecified atom stereocenters. The maximum Gasteiger partial charge on any atom is 0.246 e. The van der Waals surface area contributed by atoms with Gasteiger partial charge in [-0.3, -0.25) is 4.98 Å². The number of rotatable bonds is 5. The van der Waals surface area contributed by atoms with Gasteiger partial charge in [0.05, 0.1) is 5.69 Å². The summed E-state index contributed by atoms with van der Waals surface area (Å²) in [5, 5.41) is 2.94. The number of nitrogens with one attached hydrogen (secondary N) is 1. The molecular formula is C14H23N3O2S. The summed E-state index contributed by atoms with van der Waals surface area (Å²) in [5.74, 6) is 0. The normalized spacial score (nSPS) is 17.4. The zero-order chi connectivity index (χ0) is 14.6. The van der Waals surface area contributed by atoms with Crippen LogP contribution in [0.5, 0.6) is 0 Å². The molecule has 1 N–H and O–H groups in total. The van der Waals surface area contributed by atoms with Gasteiger partial charge in [-0.15, -0.1) is 0 Å². The van der Waals surface area contributed by atoms with Crippen molar-refractivity contribution in [1.29, 1.82) is 0 Å². The molecule has 1 aromatic rings. The maximum absolute atomic E-state index is 12.9. The van der Waals surface area contributed by atoms with Gasteiger partial charge in [-0.25, -0.2) is 8.42 Å². The summed E-state index contributed by atoms with van der Waals surface area (Å²) in [7, 11) is -1.76. The first-order valence-corrected chi connectivity index (χ1v) is 8.69. The number of pyridine rings is 1. The van der Waals surface area contributed by atoms with Crippen molar-refractivity contribution in [3.05, 3.63) is 18.5 Å². The minimum atomic E-state index is -3.49. The van der Waals surface area contributed by atoms with E-state index in [0.29, 0.717) is 12.2 Å². The molecular weight excluding hydrogens is 274 g/mol. The molecule has 1 heterocycles. The molecule has 2 rings (SSSR count). The fourth-order valence-corrected chi connectivity index (χ4v) is 4.75. The van der Waals surface area contributed by atoms with Crippen molar-refractivity contribution in [1.82, 2.24) is 9.29 Å². The topological polar surface area (TPSA) is 62.3 Å². The summed E-state index contributed by atoms with van der Waals surface area (Å²) < 4.78 is 27.4. The molecule has 0 bridgehead atoms. The monoisotopic (exact) mass is 297 g/mol. The lowest BCUT2D eigenvalue weighted by molar-refractivity contribution is 0.261. The second-order valence-corrected chi connectivity index (χ2v) is 6.98. The van der Waals surface area contributed by atoms with E-state index < -0.39 is 10.0 Å². The van der Waals surface area contributed by atoms with Crippen LogP contribution in [-0.4, -0.2) is 37.3 Å². The summed E-state index contributed by atoms with van der Waals surface area (Å²) in [5.41, 5.74) is 0.606. The number of hydrogen-bond acceptors (Lipinski definition) is 4. The van der Waals surface area contributed by atoms with Gasteiger partial charge in [-0.05, 0) is 18.9 Å². The summed E-state index contributed by atoms with van der Waals surface area (Å²) in [6.45, 7) is 2.41. The van der Waals surface area contributed by atoms with E-state index in [4.69, 9.17) is 0 Å². The quantitative estimate of drug-likeness (QED) is 0.907. The highest BCUT2D eigenvalue weighted by atomic mass is 32.2. The molecule has 0 aliphatic heterocycles. The van der Waals surface area contributed by atoms with Crippen LogP contribution in [0.3, 0.4) is 0 Å². The van der Waals surface area contributed by atoms with Crippen LogP contribution in [0.4, 0.5) is 5.69 Å². The summed E-state index contributed by atoms with van der Waals surface area (Å²) in [6, 6.07) is 1.82. The molecule has 5 nitrogen and oxygen atoms in total. The molecule has 0 atom stereocenters. The second kappa shape index (κ2) is 6.54. The van der Waals surface area contributed by atoms with Gasteiger partial charge in [-0.2, -0.15) is 4.31 Å². The summed E-state index contributed by atoms with van der Waals surface area (Å²) in [6.07, 6.45) is 8.40. The molecule has 6 heteroatoms. The van der Waals surface area contributed by atoms with Crippen molar-refractivity contribution in [2.24, 2.45) is 0 Å². The highest BCUT2D eigenvalue weighted by Gasteiger charge is 2.32. The molecule has 1 aliphatic carbocycles. The Kier molecular flexibility index (Phi) is 4.99. The van der Waals surface area contributed by atoms with E-state index in [2.05, 4.69) is 10.3 Å². The fourth-order valence-electron chi connectivity index (χ4n) is 2.91. The van der Waals surface area contributed by atoms with Crippen molar-refractivity contribution in [2.45, 2.75) is 50.0 Å². The van der Waals surface area contributed by atoms with E-state index in [9.17, 15) is 8.42 Å². The Morgan fingerprint density at radius 2 is 2.05 bits per heavy atom. The number of aromatic nitrogens is 1. The van der Waals surface area contributed by atoms with Crippen LogP contribution in [-0.2, 0) is 10.0 Å². The highest BCUT2D eigenvalue weighted by Crippen LogP contribution is 2.30. The van der Waals surface area contributed by atoms with Crippen LogP contribution >= 0.6 is 0 Å². The Morgan fingerprint density at radius 3 is 2.65 bits per heavy atom. The largest absolute Gasteiger partial charge is 0.387 e. The zero-order valence-electron chi connectivity index (χ0n) is 12.2. The lowest BCUT2D eigenvalue weighted by Gasteiger charge is -2.32. The minimum absolute atomic E-state index is 0.128. The molecule has 1 fully saturated rings. The summed E-state index contributed by atoms with van der Waals surface area (Å²) >= 11 is 0. The molecule has 20 heavy (non-hydrogen) atoms. The first-order valence-electron chi connectivity index (χ1n) is 7.25. The third-order valence-corrected chi connectivity index (χ3v) is 5.99. The lowest BCUT2D eigenvalue weighted by Crippen LogP contribution is -2.41. The molecule has 0 radical (unpaired) electrons. The van der Waals surface area contributed by atoms with Crippen molar-refractivity contribution < 1.29 is 8.42 Å². The average Bonchev–Trinajstić information content (AvgIpc) is 2.48.